The Bertz CT molecular complexity index is 698. The fourth-order valence-electron chi connectivity index (χ4n) is 2.75. The standard InChI is InChI=1S/C23H37NO5/c1-21(2,3)16-12-15(13-17(20(16)27)22(4,5)6)28-19(26)14-24-11-10-18(25)29-23(7,8)9/h12-13,24,27H,10-11,14H2,1-9H3. The van der Waals surface area contributed by atoms with Crippen LogP contribution >= 0.6 is 0 Å². The number of hydrogen-bond donors (Lipinski definition) is 2. The Morgan fingerprint density at radius 1 is 0.897 bits per heavy atom. The molecule has 0 spiro atoms. The van der Waals surface area contributed by atoms with Gasteiger partial charge in [-0.15, -0.1) is 0 Å². The molecular formula is C23H37NO5. The highest BCUT2D eigenvalue weighted by molar-refractivity contribution is 5.75. The first-order chi connectivity index (χ1) is 13.0. The molecule has 0 amide bonds. The Kier molecular flexibility index (Phi) is 7.88. The van der Waals surface area contributed by atoms with Gasteiger partial charge in [0.05, 0.1) is 13.0 Å². The van der Waals surface area contributed by atoms with E-state index in [0.29, 0.717) is 12.3 Å². The number of nitrogens with one attached hydrogen (secondary N) is 1. The summed E-state index contributed by atoms with van der Waals surface area (Å²) < 4.78 is 10.7. The maximum atomic E-state index is 12.2. The summed E-state index contributed by atoms with van der Waals surface area (Å²) in [5, 5.41) is 13.6. The molecule has 0 aliphatic carbocycles. The van der Waals surface area contributed by atoms with Gasteiger partial charge >= 0.3 is 11.9 Å². The zero-order valence-corrected chi connectivity index (χ0v) is 19.4. The van der Waals surface area contributed by atoms with E-state index in [2.05, 4.69) is 5.32 Å². The monoisotopic (exact) mass is 407 g/mol. The number of phenolic OH excluding ortho intramolecular Hbond substituents is 1. The third kappa shape index (κ3) is 8.44. The van der Waals surface area contributed by atoms with Gasteiger partial charge in [-0.2, -0.15) is 0 Å². The van der Waals surface area contributed by atoms with Crippen molar-refractivity contribution in [2.45, 2.75) is 85.2 Å². The second-order valence-electron chi connectivity index (χ2n) is 10.4. The van der Waals surface area contributed by atoms with Crippen molar-refractivity contribution in [2.24, 2.45) is 0 Å². The van der Waals surface area contributed by atoms with Crippen LogP contribution in [0.5, 0.6) is 11.5 Å². The van der Waals surface area contributed by atoms with E-state index in [4.69, 9.17) is 9.47 Å². The lowest BCUT2D eigenvalue weighted by Gasteiger charge is -2.27. The quantitative estimate of drug-likeness (QED) is 0.417. The maximum absolute atomic E-state index is 12.2. The zero-order valence-electron chi connectivity index (χ0n) is 19.4. The summed E-state index contributed by atoms with van der Waals surface area (Å²) in [7, 11) is 0. The van der Waals surface area contributed by atoms with Crippen molar-refractivity contribution < 1.29 is 24.2 Å². The summed E-state index contributed by atoms with van der Waals surface area (Å²) >= 11 is 0. The number of carbonyl (C=O) groups is 2. The van der Waals surface area contributed by atoms with Crippen molar-refractivity contribution >= 4 is 11.9 Å². The number of aromatic hydroxyl groups is 1. The van der Waals surface area contributed by atoms with Crippen LogP contribution in [0.4, 0.5) is 0 Å². The molecule has 2 N–H and O–H groups in total. The Hall–Kier alpha value is -2.08. The summed E-state index contributed by atoms with van der Waals surface area (Å²) in [5.74, 6) is -0.141. The maximum Gasteiger partial charge on any atom is 0.325 e. The molecule has 0 bridgehead atoms. The molecule has 0 aliphatic heterocycles. The van der Waals surface area contributed by atoms with E-state index in [0.717, 1.165) is 11.1 Å². The highest BCUT2D eigenvalue weighted by Crippen LogP contribution is 2.41. The van der Waals surface area contributed by atoms with Crippen molar-refractivity contribution in [1.29, 1.82) is 0 Å². The number of phenols is 1. The van der Waals surface area contributed by atoms with E-state index >= 15 is 0 Å². The average Bonchev–Trinajstić information content (AvgIpc) is 2.49. The molecule has 6 heteroatoms. The second-order valence-corrected chi connectivity index (χ2v) is 10.4. The lowest BCUT2D eigenvalue weighted by molar-refractivity contribution is -0.154. The third-order valence-corrected chi connectivity index (χ3v) is 4.13. The van der Waals surface area contributed by atoms with Crippen LogP contribution in [0.15, 0.2) is 12.1 Å². The number of ether oxygens (including phenoxy) is 2. The van der Waals surface area contributed by atoms with Gasteiger partial charge in [0.1, 0.15) is 17.1 Å². The number of carbonyl (C=O) groups excluding carboxylic acids is 2. The zero-order chi connectivity index (χ0) is 22.6. The normalized spacial score (nSPS) is 12.6. The van der Waals surface area contributed by atoms with Gasteiger partial charge in [0, 0.05) is 17.7 Å². The first kappa shape index (κ1) is 25.0. The van der Waals surface area contributed by atoms with Crippen LogP contribution in [-0.2, 0) is 25.2 Å². The molecule has 6 nitrogen and oxygen atoms in total. The van der Waals surface area contributed by atoms with Crippen molar-refractivity contribution in [3.8, 4) is 11.5 Å². The average molecular weight is 408 g/mol. The van der Waals surface area contributed by atoms with E-state index in [9.17, 15) is 14.7 Å². The van der Waals surface area contributed by atoms with Crippen LogP contribution in [0.25, 0.3) is 0 Å². The molecule has 0 aliphatic rings. The van der Waals surface area contributed by atoms with Gasteiger partial charge in [-0.05, 0) is 43.7 Å². The van der Waals surface area contributed by atoms with Gasteiger partial charge in [0.25, 0.3) is 0 Å². The molecule has 0 fully saturated rings. The molecule has 1 aromatic carbocycles. The van der Waals surface area contributed by atoms with E-state index in [1.54, 1.807) is 12.1 Å². The first-order valence-electron chi connectivity index (χ1n) is 10.0. The summed E-state index contributed by atoms with van der Waals surface area (Å²) in [4.78, 5) is 23.9. The van der Waals surface area contributed by atoms with Gasteiger partial charge in [0.15, 0.2) is 0 Å². The van der Waals surface area contributed by atoms with Gasteiger partial charge in [-0.25, -0.2) is 0 Å². The smallest absolute Gasteiger partial charge is 0.325 e. The molecule has 0 saturated carbocycles. The molecule has 29 heavy (non-hydrogen) atoms. The summed E-state index contributed by atoms with van der Waals surface area (Å²) in [6.45, 7) is 17.7. The molecule has 0 aromatic heterocycles. The van der Waals surface area contributed by atoms with Gasteiger partial charge in [-0.3, -0.25) is 9.59 Å². The Morgan fingerprint density at radius 3 is 1.79 bits per heavy atom. The highest BCUT2D eigenvalue weighted by Gasteiger charge is 2.27. The third-order valence-electron chi connectivity index (χ3n) is 4.13. The Morgan fingerprint density at radius 2 is 1.38 bits per heavy atom. The molecular weight excluding hydrogens is 370 g/mol. The van der Waals surface area contributed by atoms with Gasteiger partial charge in [-0.1, -0.05) is 41.5 Å². The number of rotatable bonds is 6. The highest BCUT2D eigenvalue weighted by atomic mass is 16.6. The summed E-state index contributed by atoms with van der Waals surface area (Å²) in [5.41, 5.74) is 0.317. The SMILES string of the molecule is CC(C)(C)OC(=O)CCNCC(=O)Oc1cc(C(C)(C)C)c(O)c(C(C)(C)C)c1. The van der Waals surface area contributed by atoms with Gasteiger partial charge < -0.3 is 19.9 Å². The molecule has 0 saturated heterocycles. The molecule has 0 atom stereocenters. The van der Waals surface area contributed by atoms with Crippen LogP contribution in [0.1, 0.15) is 79.9 Å². The summed E-state index contributed by atoms with van der Waals surface area (Å²) in [6.07, 6.45) is 0.173. The predicted molar refractivity (Wildman–Crippen MR) is 114 cm³/mol. The molecule has 0 radical (unpaired) electrons. The number of hydrogen-bond acceptors (Lipinski definition) is 6. The molecule has 0 unspecified atom stereocenters. The van der Waals surface area contributed by atoms with Crippen molar-refractivity contribution in [2.75, 3.05) is 13.1 Å². The fourth-order valence-corrected chi connectivity index (χ4v) is 2.75. The van der Waals surface area contributed by atoms with Crippen LogP contribution in [0.3, 0.4) is 0 Å². The molecule has 164 valence electrons. The van der Waals surface area contributed by atoms with E-state index in [-0.39, 0.29) is 35.5 Å². The van der Waals surface area contributed by atoms with Crippen molar-refractivity contribution in [3.05, 3.63) is 23.3 Å². The number of esters is 2. The summed E-state index contributed by atoms with van der Waals surface area (Å²) in [6, 6.07) is 3.42. The predicted octanol–water partition coefficient (Wildman–Crippen LogP) is 4.21. The van der Waals surface area contributed by atoms with E-state index in [1.807, 2.05) is 62.3 Å². The van der Waals surface area contributed by atoms with Crippen LogP contribution < -0.4 is 10.1 Å². The van der Waals surface area contributed by atoms with Crippen molar-refractivity contribution in [3.63, 3.8) is 0 Å². The van der Waals surface area contributed by atoms with E-state index < -0.39 is 11.6 Å². The first-order valence-corrected chi connectivity index (χ1v) is 10.0. The molecule has 1 rings (SSSR count). The Balaban J connectivity index is 2.78. The number of benzene rings is 1. The van der Waals surface area contributed by atoms with Crippen LogP contribution in [0, 0.1) is 0 Å². The van der Waals surface area contributed by atoms with E-state index in [1.165, 1.54) is 0 Å². The Labute approximate surface area is 175 Å². The molecule has 1 aromatic rings. The van der Waals surface area contributed by atoms with Crippen molar-refractivity contribution in [1.82, 2.24) is 5.32 Å². The minimum absolute atomic E-state index is 0.0284. The fraction of sp³-hybridized carbons (Fsp3) is 0.652. The second kappa shape index (κ2) is 9.16. The lowest BCUT2D eigenvalue weighted by Crippen LogP contribution is -2.30. The topological polar surface area (TPSA) is 84.9 Å². The largest absolute Gasteiger partial charge is 0.507 e. The lowest BCUT2D eigenvalue weighted by atomic mass is 9.79. The van der Waals surface area contributed by atoms with Crippen LogP contribution in [-0.4, -0.2) is 35.7 Å². The van der Waals surface area contributed by atoms with Crippen LogP contribution in [0.2, 0.25) is 0 Å². The van der Waals surface area contributed by atoms with Gasteiger partial charge in [0.2, 0.25) is 0 Å². The minimum atomic E-state index is -0.523. The molecule has 0 heterocycles. The minimum Gasteiger partial charge on any atom is -0.507 e.